The largest absolute Gasteiger partial charge is 0.338 e. The van der Waals surface area contributed by atoms with Crippen molar-refractivity contribution in [1.29, 1.82) is 0 Å². The second-order valence-electron chi connectivity index (χ2n) is 1.11. The van der Waals surface area contributed by atoms with Gasteiger partial charge in [0.25, 0.3) is 0 Å². The molecule has 0 aromatic heterocycles. The standard InChI is InChI=1S/C4H10OP.H2/c1-3-6(5)4-2;/h3-4H2,1-2H3;1H/q+1;. The molecule has 2 heteroatoms. The van der Waals surface area contributed by atoms with Crippen LogP contribution in [0.15, 0.2) is 0 Å². The van der Waals surface area contributed by atoms with Gasteiger partial charge in [-0.25, -0.2) is 0 Å². The third kappa shape index (κ3) is 2.34. The first-order chi connectivity index (χ1) is 2.81. The van der Waals surface area contributed by atoms with Crippen molar-refractivity contribution in [3.63, 3.8) is 0 Å². The molecule has 0 saturated carbocycles. The molecule has 38 valence electrons. The SMILES string of the molecule is CC[P+](=O)CC.[HH]. The lowest BCUT2D eigenvalue weighted by Gasteiger charge is -1.66. The average molecular weight is 107 g/mol. The van der Waals surface area contributed by atoms with E-state index in [2.05, 4.69) is 0 Å². The van der Waals surface area contributed by atoms with Gasteiger partial charge in [0.2, 0.25) is 0 Å². The highest BCUT2D eigenvalue weighted by Crippen LogP contribution is 2.16. The van der Waals surface area contributed by atoms with Gasteiger partial charge in [0.15, 0.2) is 0 Å². The van der Waals surface area contributed by atoms with Gasteiger partial charge in [-0.1, -0.05) is 4.57 Å². The molecule has 0 aromatic rings. The van der Waals surface area contributed by atoms with Gasteiger partial charge in [0.1, 0.15) is 12.3 Å². The second kappa shape index (κ2) is 3.30. The first-order valence-electron chi connectivity index (χ1n) is 2.23. The number of hydrogen-bond donors (Lipinski definition) is 0. The van der Waals surface area contributed by atoms with Crippen molar-refractivity contribution >= 4 is 7.80 Å². The van der Waals surface area contributed by atoms with Crippen molar-refractivity contribution in [2.45, 2.75) is 13.8 Å². The Morgan fingerprint density at radius 1 is 1.50 bits per heavy atom. The Labute approximate surface area is 41.0 Å². The molecule has 0 heterocycles. The van der Waals surface area contributed by atoms with E-state index >= 15 is 0 Å². The summed E-state index contributed by atoms with van der Waals surface area (Å²) in [7, 11) is -0.826. The quantitative estimate of drug-likeness (QED) is 0.494. The Balaban J connectivity index is 0. The first-order valence-corrected chi connectivity index (χ1v) is 3.86. The Bertz CT molecular complexity index is 49.7. The molecule has 0 aliphatic carbocycles. The molecule has 0 fully saturated rings. The molecule has 1 nitrogen and oxygen atoms in total. The maximum atomic E-state index is 10.3. The van der Waals surface area contributed by atoms with E-state index in [0.717, 1.165) is 12.3 Å². The fraction of sp³-hybridized carbons (Fsp3) is 1.00. The molecular weight excluding hydrogens is 95.0 g/mol. The second-order valence-corrected chi connectivity index (χ2v) is 3.34. The van der Waals surface area contributed by atoms with E-state index < -0.39 is 7.80 Å². The molecule has 6 heavy (non-hydrogen) atoms. The van der Waals surface area contributed by atoms with Gasteiger partial charge in [-0.05, 0) is 13.8 Å². The number of rotatable bonds is 2. The van der Waals surface area contributed by atoms with Crippen LogP contribution in [0.25, 0.3) is 0 Å². The van der Waals surface area contributed by atoms with Gasteiger partial charge >= 0.3 is 7.80 Å². The molecule has 0 amide bonds. The van der Waals surface area contributed by atoms with Gasteiger partial charge in [0, 0.05) is 1.43 Å². The van der Waals surface area contributed by atoms with Crippen molar-refractivity contribution in [2.75, 3.05) is 12.3 Å². The maximum absolute atomic E-state index is 10.3. The number of hydrogen-bond acceptors (Lipinski definition) is 1. The highest BCUT2D eigenvalue weighted by molar-refractivity contribution is 7.44. The van der Waals surface area contributed by atoms with Crippen LogP contribution in [0.2, 0.25) is 0 Å². The molecule has 0 saturated heterocycles. The lowest BCUT2D eigenvalue weighted by Crippen LogP contribution is -1.66. The Morgan fingerprint density at radius 2 is 1.83 bits per heavy atom. The highest BCUT2D eigenvalue weighted by atomic mass is 31.1. The summed E-state index contributed by atoms with van der Waals surface area (Å²) < 4.78 is 10.3. The van der Waals surface area contributed by atoms with Crippen LogP contribution in [0.5, 0.6) is 0 Å². The van der Waals surface area contributed by atoms with E-state index in [1.165, 1.54) is 0 Å². The third-order valence-electron chi connectivity index (χ3n) is 0.705. The smallest absolute Gasteiger partial charge is 0.0749 e. The molecule has 0 spiro atoms. The fourth-order valence-electron chi connectivity index (χ4n) is 0.224. The Kier molecular flexibility index (Phi) is 3.35. The molecule has 0 bridgehead atoms. The summed E-state index contributed by atoms with van der Waals surface area (Å²) in [4.78, 5) is 0. The van der Waals surface area contributed by atoms with Crippen molar-refractivity contribution in [2.24, 2.45) is 0 Å². The van der Waals surface area contributed by atoms with Crippen LogP contribution in [0.4, 0.5) is 0 Å². The minimum atomic E-state index is -0.826. The topological polar surface area (TPSA) is 17.1 Å². The molecule has 0 unspecified atom stereocenters. The van der Waals surface area contributed by atoms with Crippen molar-refractivity contribution in [3.8, 4) is 0 Å². The summed E-state index contributed by atoms with van der Waals surface area (Å²) in [5.74, 6) is 0. The monoisotopic (exact) mass is 107 g/mol. The van der Waals surface area contributed by atoms with E-state index in [-0.39, 0.29) is 1.43 Å². The van der Waals surface area contributed by atoms with Crippen LogP contribution in [0.3, 0.4) is 0 Å². The highest BCUT2D eigenvalue weighted by Gasteiger charge is 2.02. The zero-order valence-electron chi connectivity index (χ0n) is 4.27. The molecule has 0 aromatic carbocycles. The molecule has 0 rings (SSSR count). The van der Waals surface area contributed by atoms with Crippen LogP contribution in [0, 0.1) is 0 Å². The van der Waals surface area contributed by atoms with E-state index in [0.29, 0.717) is 0 Å². The lowest BCUT2D eigenvalue weighted by atomic mass is 11.0. The van der Waals surface area contributed by atoms with Crippen LogP contribution < -0.4 is 0 Å². The zero-order chi connectivity index (χ0) is 4.99. The molecule has 0 aliphatic rings. The average Bonchev–Trinajstić information content (AvgIpc) is 1.65. The Hall–Kier alpha value is 0.100. The van der Waals surface area contributed by atoms with E-state index in [4.69, 9.17) is 0 Å². The van der Waals surface area contributed by atoms with Gasteiger partial charge in [-0.3, -0.25) is 0 Å². The molecule has 0 radical (unpaired) electrons. The van der Waals surface area contributed by atoms with E-state index in [9.17, 15) is 4.57 Å². The summed E-state index contributed by atoms with van der Waals surface area (Å²) >= 11 is 0. The Morgan fingerprint density at radius 3 is 1.83 bits per heavy atom. The minimum absolute atomic E-state index is 0. The van der Waals surface area contributed by atoms with Crippen LogP contribution in [-0.2, 0) is 4.57 Å². The summed E-state index contributed by atoms with van der Waals surface area (Å²) in [6.07, 6.45) is 1.68. The summed E-state index contributed by atoms with van der Waals surface area (Å²) in [6, 6.07) is 0. The molecular formula is C4H12OP+. The van der Waals surface area contributed by atoms with E-state index in [1.54, 1.807) is 0 Å². The fourth-order valence-corrected chi connectivity index (χ4v) is 0.671. The van der Waals surface area contributed by atoms with Gasteiger partial charge < -0.3 is 0 Å². The molecule has 0 aliphatic heterocycles. The summed E-state index contributed by atoms with van der Waals surface area (Å²) in [5, 5.41) is 0. The van der Waals surface area contributed by atoms with Crippen LogP contribution in [0.1, 0.15) is 15.3 Å². The maximum Gasteiger partial charge on any atom is 0.338 e. The predicted molar refractivity (Wildman–Crippen MR) is 30.8 cm³/mol. The summed E-state index contributed by atoms with van der Waals surface area (Å²) in [5.41, 5.74) is 0. The normalized spacial score (nSPS) is 8.33. The van der Waals surface area contributed by atoms with Crippen molar-refractivity contribution < 1.29 is 5.99 Å². The zero-order valence-corrected chi connectivity index (χ0v) is 5.16. The summed E-state index contributed by atoms with van der Waals surface area (Å²) in [6.45, 7) is 3.89. The predicted octanol–water partition coefficient (Wildman–Crippen LogP) is 2.10. The lowest BCUT2D eigenvalue weighted by molar-refractivity contribution is 0.589. The third-order valence-corrected chi connectivity index (χ3v) is 2.12. The van der Waals surface area contributed by atoms with E-state index in [1.807, 2.05) is 13.8 Å². The van der Waals surface area contributed by atoms with Gasteiger partial charge in [0.05, 0.1) is 0 Å². The van der Waals surface area contributed by atoms with Gasteiger partial charge in [-0.15, -0.1) is 0 Å². The van der Waals surface area contributed by atoms with Crippen molar-refractivity contribution in [1.82, 2.24) is 0 Å². The molecule has 0 N–H and O–H groups in total. The van der Waals surface area contributed by atoms with Crippen LogP contribution >= 0.6 is 7.80 Å². The first kappa shape index (κ1) is 6.10. The van der Waals surface area contributed by atoms with Crippen LogP contribution in [-0.4, -0.2) is 12.3 Å². The van der Waals surface area contributed by atoms with Crippen molar-refractivity contribution in [3.05, 3.63) is 0 Å². The molecule has 0 atom stereocenters. The van der Waals surface area contributed by atoms with Gasteiger partial charge in [-0.2, -0.15) is 0 Å². The minimum Gasteiger partial charge on any atom is -0.0749 e.